The van der Waals surface area contributed by atoms with Gasteiger partial charge in [-0.05, 0) is 18.6 Å². The van der Waals surface area contributed by atoms with E-state index in [2.05, 4.69) is 5.32 Å². The van der Waals surface area contributed by atoms with E-state index in [1.165, 1.54) is 7.05 Å². The van der Waals surface area contributed by atoms with Crippen molar-refractivity contribution in [2.45, 2.75) is 19.5 Å². The third-order valence-corrected chi connectivity index (χ3v) is 1.75. The molecule has 0 saturated heterocycles. The summed E-state index contributed by atoms with van der Waals surface area (Å²) in [4.78, 5) is 0.977. The number of nitrogens with zero attached hydrogens (tertiary/aromatic N) is 1. The second-order valence-corrected chi connectivity index (χ2v) is 3.09. The molecule has 0 unspecified atom stereocenters. The summed E-state index contributed by atoms with van der Waals surface area (Å²) in [7, 11) is 1.32. The molecule has 6 heteroatoms. The molecule has 0 aliphatic heterocycles. The SMILES string of the molecule is CCCNC(=S)N(C)CC(F)(F)F. The molecular weight excluding hydrogens is 201 g/mol. The maximum atomic E-state index is 11.9. The molecule has 0 aromatic rings. The van der Waals surface area contributed by atoms with Gasteiger partial charge >= 0.3 is 6.18 Å². The molecule has 0 bridgehead atoms. The highest BCUT2D eigenvalue weighted by molar-refractivity contribution is 7.80. The predicted molar refractivity (Wildman–Crippen MR) is 49.6 cm³/mol. The number of thiocarbonyl (C=S) groups is 1. The average molecular weight is 214 g/mol. The topological polar surface area (TPSA) is 15.3 Å². The molecule has 0 spiro atoms. The normalized spacial score (nSPS) is 11.2. The van der Waals surface area contributed by atoms with Crippen molar-refractivity contribution in [1.82, 2.24) is 10.2 Å². The summed E-state index contributed by atoms with van der Waals surface area (Å²) in [5.41, 5.74) is 0. The van der Waals surface area contributed by atoms with Crippen molar-refractivity contribution in [3.8, 4) is 0 Å². The summed E-state index contributed by atoms with van der Waals surface area (Å²) in [6.07, 6.45) is -3.37. The number of hydrogen-bond donors (Lipinski definition) is 1. The molecule has 1 N–H and O–H groups in total. The van der Waals surface area contributed by atoms with Crippen LogP contribution in [0.4, 0.5) is 13.2 Å². The Balaban J connectivity index is 3.83. The summed E-state index contributed by atoms with van der Waals surface area (Å²) in [5.74, 6) is 0. The maximum Gasteiger partial charge on any atom is 0.405 e. The van der Waals surface area contributed by atoms with Crippen LogP contribution in [0.15, 0.2) is 0 Å². The van der Waals surface area contributed by atoms with Crippen molar-refractivity contribution < 1.29 is 13.2 Å². The molecule has 0 atom stereocenters. The van der Waals surface area contributed by atoms with Gasteiger partial charge in [-0.1, -0.05) is 6.92 Å². The van der Waals surface area contributed by atoms with Crippen LogP contribution in [0.1, 0.15) is 13.3 Å². The summed E-state index contributed by atoms with van der Waals surface area (Å²) in [6.45, 7) is 1.50. The van der Waals surface area contributed by atoms with Gasteiger partial charge in [0.05, 0.1) is 0 Å². The van der Waals surface area contributed by atoms with Crippen LogP contribution in [-0.4, -0.2) is 36.3 Å². The molecule has 2 nitrogen and oxygen atoms in total. The first-order valence-electron chi connectivity index (χ1n) is 3.92. The van der Waals surface area contributed by atoms with E-state index in [-0.39, 0.29) is 5.11 Å². The lowest BCUT2D eigenvalue weighted by Gasteiger charge is -2.21. The van der Waals surface area contributed by atoms with E-state index in [1.807, 2.05) is 6.92 Å². The van der Waals surface area contributed by atoms with Crippen LogP contribution in [0.2, 0.25) is 0 Å². The predicted octanol–water partition coefficient (Wildman–Crippen LogP) is 1.77. The molecule has 0 aliphatic carbocycles. The molecule has 0 rings (SSSR count). The van der Waals surface area contributed by atoms with Gasteiger partial charge in [-0.2, -0.15) is 13.2 Å². The lowest BCUT2D eigenvalue weighted by molar-refractivity contribution is -0.135. The third kappa shape index (κ3) is 6.62. The highest BCUT2D eigenvalue weighted by atomic mass is 32.1. The van der Waals surface area contributed by atoms with E-state index >= 15 is 0 Å². The fourth-order valence-corrected chi connectivity index (χ4v) is 0.874. The van der Waals surface area contributed by atoms with Crippen molar-refractivity contribution in [3.05, 3.63) is 0 Å². The molecule has 0 saturated carbocycles. The molecule has 0 aromatic heterocycles. The summed E-state index contributed by atoms with van der Waals surface area (Å²) < 4.78 is 35.6. The Bertz CT molecular complexity index is 170. The fraction of sp³-hybridized carbons (Fsp3) is 0.857. The zero-order valence-electron chi connectivity index (χ0n) is 7.61. The molecule has 0 amide bonds. The number of nitrogens with one attached hydrogen (secondary N) is 1. The van der Waals surface area contributed by atoms with Gasteiger partial charge in [0.25, 0.3) is 0 Å². The van der Waals surface area contributed by atoms with E-state index in [9.17, 15) is 13.2 Å². The minimum Gasteiger partial charge on any atom is -0.363 e. The summed E-state index contributed by atoms with van der Waals surface area (Å²) >= 11 is 4.72. The molecule has 78 valence electrons. The van der Waals surface area contributed by atoms with Gasteiger partial charge in [0, 0.05) is 13.6 Å². The lowest BCUT2D eigenvalue weighted by Crippen LogP contribution is -2.42. The van der Waals surface area contributed by atoms with E-state index in [0.29, 0.717) is 6.54 Å². The van der Waals surface area contributed by atoms with Gasteiger partial charge in [-0.15, -0.1) is 0 Å². The Morgan fingerprint density at radius 2 is 2.00 bits per heavy atom. The Kier molecular flexibility index (Phi) is 5.05. The summed E-state index contributed by atoms with van der Waals surface area (Å²) in [6, 6.07) is 0. The minimum atomic E-state index is -4.20. The first-order valence-corrected chi connectivity index (χ1v) is 4.33. The quantitative estimate of drug-likeness (QED) is 0.721. The van der Waals surface area contributed by atoms with Crippen molar-refractivity contribution in [2.24, 2.45) is 0 Å². The van der Waals surface area contributed by atoms with Crippen LogP contribution in [0.3, 0.4) is 0 Å². The second kappa shape index (κ2) is 5.26. The standard InChI is InChI=1S/C7H13F3N2S/c1-3-4-11-6(13)12(2)5-7(8,9)10/h3-5H2,1-2H3,(H,11,13). The Morgan fingerprint density at radius 1 is 1.46 bits per heavy atom. The van der Waals surface area contributed by atoms with Gasteiger partial charge < -0.3 is 10.2 Å². The van der Waals surface area contributed by atoms with Crippen molar-refractivity contribution in [2.75, 3.05) is 20.1 Å². The van der Waals surface area contributed by atoms with E-state index in [1.54, 1.807) is 0 Å². The largest absolute Gasteiger partial charge is 0.405 e. The molecule has 0 heterocycles. The first-order chi connectivity index (χ1) is 5.87. The Labute approximate surface area is 81.1 Å². The van der Waals surface area contributed by atoms with Gasteiger partial charge in [0.1, 0.15) is 6.54 Å². The zero-order chi connectivity index (χ0) is 10.5. The molecule has 0 fully saturated rings. The molecule has 0 aromatic carbocycles. The fourth-order valence-electron chi connectivity index (χ4n) is 0.708. The van der Waals surface area contributed by atoms with E-state index in [4.69, 9.17) is 12.2 Å². The zero-order valence-corrected chi connectivity index (χ0v) is 8.43. The van der Waals surface area contributed by atoms with Crippen LogP contribution < -0.4 is 5.32 Å². The number of alkyl halides is 3. The lowest BCUT2D eigenvalue weighted by atomic mass is 10.5. The maximum absolute atomic E-state index is 11.9. The number of hydrogen-bond acceptors (Lipinski definition) is 1. The second-order valence-electron chi connectivity index (χ2n) is 2.70. The van der Waals surface area contributed by atoms with Gasteiger partial charge in [-0.3, -0.25) is 0 Å². The van der Waals surface area contributed by atoms with Gasteiger partial charge in [0.2, 0.25) is 0 Å². The Morgan fingerprint density at radius 3 is 2.38 bits per heavy atom. The van der Waals surface area contributed by atoms with Gasteiger partial charge in [0.15, 0.2) is 5.11 Å². The van der Waals surface area contributed by atoms with Crippen LogP contribution in [-0.2, 0) is 0 Å². The van der Waals surface area contributed by atoms with E-state index in [0.717, 1.165) is 11.3 Å². The van der Waals surface area contributed by atoms with Crippen molar-refractivity contribution >= 4 is 17.3 Å². The van der Waals surface area contributed by atoms with Crippen molar-refractivity contribution in [3.63, 3.8) is 0 Å². The first kappa shape index (κ1) is 12.5. The highest BCUT2D eigenvalue weighted by Crippen LogP contribution is 2.15. The molecular formula is C7H13F3N2S. The number of halogens is 3. The summed E-state index contributed by atoms with van der Waals surface area (Å²) in [5, 5.41) is 2.85. The molecule has 13 heavy (non-hydrogen) atoms. The Hall–Kier alpha value is -0.520. The average Bonchev–Trinajstić information content (AvgIpc) is 1.96. The minimum absolute atomic E-state index is 0.138. The van der Waals surface area contributed by atoms with Gasteiger partial charge in [-0.25, -0.2) is 0 Å². The van der Waals surface area contributed by atoms with Crippen LogP contribution in [0.25, 0.3) is 0 Å². The molecule has 0 radical (unpaired) electrons. The molecule has 0 aliphatic rings. The van der Waals surface area contributed by atoms with Crippen LogP contribution >= 0.6 is 12.2 Å². The number of rotatable bonds is 3. The van der Waals surface area contributed by atoms with Crippen LogP contribution in [0, 0.1) is 0 Å². The third-order valence-electron chi connectivity index (χ3n) is 1.29. The van der Waals surface area contributed by atoms with Crippen LogP contribution in [0.5, 0.6) is 0 Å². The highest BCUT2D eigenvalue weighted by Gasteiger charge is 2.29. The van der Waals surface area contributed by atoms with E-state index < -0.39 is 12.7 Å². The monoisotopic (exact) mass is 214 g/mol. The van der Waals surface area contributed by atoms with Crippen molar-refractivity contribution in [1.29, 1.82) is 0 Å². The smallest absolute Gasteiger partial charge is 0.363 e.